The van der Waals surface area contributed by atoms with Crippen LogP contribution in [0.2, 0.25) is 5.02 Å². The van der Waals surface area contributed by atoms with Crippen LogP contribution in [0.15, 0.2) is 59.8 Å². The second-order valence-electron chi connectivity index (χ2n) is 5.77. The van der Waals surface area contributed by atoms with Crippen molar-refractivity contribution in [3.05, 3.63) is 70.4 Å². The minimum absolute atomic E-state index is 0.236. The molecular weight excluding hydrogens is 370 g/mol. The number of halogens is 1. The van der Waals surface area contributed by atoms with Crippen LogP contribution in [0.3, 0.4) is 0 Å². The van der Waals surface area contributed by atoms with E-state index < -0.39 is 6.04 Å². The maximum Gasteiger partial charge on any atom is 0.255 e. The number of carbonyl (C=O) groups is 1. The molecule has 2 aromatic carbocycles. The van der Waals surface area contributed by atoms with Crippen LogP contribution in [0, 0.1) is 0 Å². The average Bonchev–Trinajstić information content (AvgIpc) is 2.62. The van der Waals surface area contributed by atoms with Crippen LogP contribution >= 0.6 is 23.8 Å². The van der Waals surface area contributed by atoms with Crippen LogP contribution in [-0.4, -0.2) is 18.1 Å². The van der Waals surface area contributed by atoms with E-state index in [2.05, 4.69) is 16.0 Å². The van der Waals surface area contributed by atoms with Gasteiger partial charge in [0.05, 0.1) is 18.7 Å². The molecule has 134 valence electrons. The standard InChI is InChI=1S/C19H18ClN3O2S/c1-11-16(18(24)22-12-7-9-13(25-2)10-8-12)17(23-19(26)21-11)14-5-3-4-6-15(14)20/h3-10,17H,1-2H3,(H,22,24)(H2,21,23,26)/t17-/m1/s1. The molecule has 0 aliphatic carbocycles. The third-order valence-corrected chi connectivity index (χ3v) is 4.64. The predicted molar refractivity (Wildman–Crippen MR) is 107 cm³/mol. The van der Waals surface area contributed by atoms with Crippen LogP contribution in [0.1, 0.15) is 18.5 Å². The molecule has 0 radical (unpaired) electrons. The molecule has 1 amide bonds. The molecule has 1 aliphatic rings. The lowest BCUT2D eigenvalue weighted by Gasteiger charge is -2.30. The average molecular weight is 388 g/mol. The van der Waals surface area contributed by atoms with E-state index in [1.807, 2.05) is 25.1 Å². The van der Waals surface area contributed by atoms with Crippen molar-refractivity contribution in [3.8, 4) is 5.75 Å². The molecule has 0 saturated carbocycles. The number of carbonyl (C=O) groups excluding carboxylic acids is 1. The van der Waals surface area contributed by atoms with E-state index in [-0.39, 0.29) is 5.91 Å². The first-order valence-corrected chi connectivity index (χ1v) is 8.76. The number of nitrogens with one attached hydrogen (secondary N) is 3. The lowest BCUT2D eigenvalue weighted by Crippen LogP contribution is -2.45. The van der Waals surface area contributed by atoms with E-state index in [1.165, 1.54) is 0 Å². The Balaban J connectivity index is 1.93. The summed E-state index contributed by atoms with van der Waals surface area (Å²) in [7, 11) is 1.60. The van der Waals surface area contributed by atoms with Gasteiger partial charge >= 0.3 is 0 Å². The fourth-order valence-corrected chi connectivity index (χ4v) is 3.33. The lowest BCUT2D eigenvalue weighted by molar-refractivity contribution is -0.113. The molecule has 0 aromatic heterocycles. The number of allylic oxidation sites excluding steroid dienone is 1. The molecule has 1 aliphatic heterocycles. The summed E-state index contributed by atoms with van der Waals surface area (Å²) in [4.78, 5) is 13.0. The Bertz CT molecular complexity index is 881. The first-order valence-electron chi connectivity index (χ1n) is 7.97. The molecule has 3 rings (SSSR count). The van der Waals surface area contributed by atoms with Crippen molar-refractivity contribution in [1.82, 2.24) is 10.6 Å². The van der Waals surface area contributed by atoms with Crippen molar-refractivity contribution in [2.24, 2.45) is 0 Å². The summed E-state index contributed by atoms with van der Waals surface area (Å²) in [5, 5.41) is 10.1. The molecule has 1 atom stereocenters. The number of ether oxygens (including phenoxy) is 1. The van der Waals surface area contributed by atoms with E-state index in [9.17, 15) is 4.79 Å². The molecule has 1 heterocycles. The number of methoxy groups -OCH3 is 1. The topological polar surface area (TPSA) is 62.4 Å². The molecule has 0 spiro atoms. The van der Waals surface area contributed by atoms with E-state index >= 15 is 0 Å². The quantitative estimate of drug-likeness (QED) is 0.697. The zero-order valence-electron chi connectivity index (χ0n) is 14.3. The fraction of sp³-hybridized carbons (Fsp3) is 0.158. The van der Waals surface area contributed by atoms with Gasteiger partial charge < -0.3 is 20.7 Å². The van der Waals surface area contributed by atoms with E-state index in [0.717, 1.165) is 11.3 Å². The smallest absolute Gasteiger partial charge is 0.255 e. The van der Waals surface area contributed by atoms with Crippen molar-refractivity contribution in [1.29, 1.82) is 0 Å². The van der Waals surface area contributed by atoms with Gasteiger partial charge in [0, 0.05) is 16.4 Å². The number of amides is 1. The molecule has 3 N–H and O–H groups in total. The Hall–Kier alpha value is -2.57. The van der Waals surface area contributed by atoms with Gasteiger partial charge in [-0.05, 0) is 55.0 Å². The summed E-state index contributed by atoms with van der Waals surface area (Å²) >= 11 is 11.6. The summed E-state index contributed by atoms with van der Waals surface area (Å²) in [5.41, 5.74) is 2.67. The van der Waals surface area contributed by atoms with Gasteiger partial charge in [-0.1, -0.05) is 29.8 Å². The van der Waals surface area contributed by atoms with Crippen LogP contribution < -0.4 is 20.7 Å². The summed E-state index contributed by atoms with van der Waals surface area (Å²) in [6, 6.07) is 14.1. The van der Waals surface area contributed by atoms with Gasteiger partial charge in [0.2, 0.25) is 0 Å². The third kappa shape index (κ3) is 3.81. The first kappa shape index (κ1) is 18.2. The number of hydrogen-bond acceptors (Lipinski definition) is 3. The second kappa shape index (κ2) is 7.76. The minimum atomic E-state index is -0.435. The fourth-order valence-electron chi connectivity index (χ4n) is 2.81. The molecular formula is C19H18ClN3O2S. The van der Waals surface area contributed by atoms with E-state index in [1.54, 1.807) is 37.4 Å². The molecule has 7 heteroatoms. The Morgan fingerprint density at radius 2 is 1.88 bits per heavy atom. The highest BCUT2D eigenvalue weighted by molar-refractivity contribution is 7.80. The highest BCUT2D eigenvalue weighted by atomic mass is 35.5. The molecule has 0 unspecified atom stereocenters. The maximum atomic E-state index is 13.0. The van der Waals surface area contributed by atoms with Crippen molar-refractivity contribution in [2.75, 3.05) is 12.4 Å². The lowest BCUT2D eigenvalue weighted by atomic mass is 9.95. The molecule has 0 bridgehead atoms. The highest BCUT2D eigenvalue weighted by Crippen LogP contribution is 2.32. The van der Waals surface area contributed by atoms with Crippen LogP contribution in [0.4, 0.5) is 5.69 Å². The summed E-state index contributed by atoms with van der Waals surface area (Å²) < 4.78 is 5.14. The first-order chi connectivity index (χ1) is 12.5. The Morgan fingerprint density at radius 1 is 1.19 bits per heavy atom. The van der Waals surface area contributed by atoms with Crippen molar-refractivity contribution in [3.63, 3.8) is 0 Å². The molecule has 2 aromatic rings. The number of rotatable bonds is 4. The highest BCUT2D eigenvalue weighted by Gasteiger charge is 2.31. The zero-order chi connectivity index (χ0) is 18.7. The number of thiocarbonyl (C=S) groups is 1. The van der Waals surface area contributed by atoms with Crippen molar-refractivity contribution in [2.45, 2.75) is 13.0 Å². The maximum absolute atomic E-state index is 13.0. The molecule has 5 nitrogen and oxygen atoms in total. The SMILES string of the molecule is COc1ccc(NC(=O)C2=C(C)NC(=S)N[C@@H]2c2ccccc2Cl)cc1. The van der Waals surface area contributed by atoms with Gasteiger partial charge in [0.15, 0.2) is 5.11 Å². The Labute approximate surface area is 162 Å². The van der Waals surface area contributed by atoms with Gasteiger partial charge in [0.25, 0.3) is 5.91 Å². The normalized spacial score (nSPS) is 16.6. The number of benzene rings is 2. The van der Waals surface area contributed by atoms with E-state index in [4.69, 9.17) is 28.6 Å². The van der Waals surface area contributed by atoms with Gasteiger partial charge in [0.1, 0.15) is 5.75 Å². The number of hydrogen-bond donors (Lipinski definition) is 3. The van der Waals surface area contributed by atoms with Crippen molar-refractivity contribution >= 4 is 40.5 Å². The Kier molecular flexibility index (Phi) is 5.44. The monoisotopic (exact) mass is 387 g/mol. The third-order valence-electron chi connectivity index (χ3n) is 4.08. The van der Waals surface area contributed by atoms with Crippen molar-refractivity contribution < 1.29 is 9.53 Å². The predicted octanol–water partition coefficient (Wildman–Crippen LogP) is 3.78. The van der Waals surface area contributed by atoms with Gasteiger partial charge in [-0.15, -0.1) is 0 Å². The van der Waals surface area contributed by atoms with Crippen LogP contribution in [-0.2, 0) is 4.79 Å². The summed E-state index contributed by atoms with van der Waals surface area (Å²) in [6.45, 7) is 1.82. The summed E-state index contributed by atoms with van der Waals surface area (Å²) in [6.07, 6.45) is 0. The minimum Gasteiger partial charge on any atom is -0.497 e. The van der Waals surface area contributed by atoms with Gasteiger partial charge in [-0.3, -0.25) is 4.79 Å². The second-order valence-corrected chi connectivity index (χ2v) is 6.59. The number of anilines is 1. The van der Waals surface area contributed by atoms with Crippen LogP contribution in [0.25, 0.3) is 0 Å². The summed E-state index contributed by atoms with van der Waals surface area (Å²) in [5.74, 6) is 0.485. The van der Waals surface area contributed by atoms with Gasteiger partial charge in [-0.2, -0.15) is 0 Å². The van der Waals surface area contributed by atoms with Crippen LogP contribution in [0.5, 0.6) is 5.75 Å². The van der Waals surface area contributed by atoms with Gasteiger partial charge in [-0.25, -0.2) is 0 Å². The molecule has 26 heavy (non-hydrogen) atoms. The Morgan fingerprint density at radius 3 is 2.54 bits per heavy atom. The molecule has 0 saturated heterocycles. The zero-order valence-corrected chi connectivity index (χ0v) is 15.9. The molecule has 0 fully saturated rings. The largest absolute Gasteiger partial charge is 0.497 e. The van der Waals surface area contributed by atoms with E-state index in [0.29, 0.717) is 27.1 Å².